The van der Waals surface area contributed by atoms with E-state index in [0.29, 0.717) is 5.75 Å². The Labute approximate surface area is 112 Å². The monoisotopic (exact) mass is 289 g/mol. The van der Waals surface area contributed by atoms with Crippen LogP contribution in [-0.4, -0.2) is 26.9 Å². The van der Waals surface area contributed by atoms with Crippen LogP contribution in [0.25, 0.3) is 0 Å². The average Bonchev–Trinajstić information content (AvgIpc) is 2.74. The molecule has 2 unspecified atom stereocenters. The lowest BCUT2D eigenvalue weighted by Gasteiger charge is -2.16. The quantitative estimate of drug-likeness (QED) is 0.864. The Morgan fingerprint density at radius 3 is 2.44 bits per heavy atom. The molecule has 0 aromatic heterocycles. The van der Waals surface area contributed by atoms with Crippen LogP contribution in [0.3, 0.4) is 0 Å². The molecule has 2 atom stereocenters. The van der Waals surface area contributed by atoms with Gasteiger partial charge in [0.05, 0.1) is 12.0 Å². The summed E-state index contributed by atoms with van der Waals surface area (Å²) in [5.41, 5.74) is 0. The molecule has 1 N–H and O–H groups in total. The smallest absolute Gasteiger partial charge is 0.240 e. The van der Waals surface area contributed by atoms with Gasteiger partial charge in [-0.1, -0.05) is 6.42 Å². The Morgan fingerprint density at radius 1 is 1.28 bits per heavy atom. The maximum Gasteiger partial charge on any atom is 0.240 e. The van der Waals surface area contributed by atoms with E-state index in [-0.39, 0.29) is 16.3 Å². The topological polar surface area (TPSA) is 55.4 Å². The van der Waals surface area contributed by atoms with Gasteiger partial charge in [-0.05, 0) is 37.1 Å². The van der Waals surface area contributed by atoms with Crippen LogP contribution >= 0.6 is 11.6 Å². The predicted molar refractivity (Wildman–Crippen MR) is 70.6 cm³/mol. The summed E-state index contributed by atoms with van der Waals surface area (Å²) in [6.45, 7) is 0. The molecular formula is C12H16ClNO3S. The van der Waals surface area contributed by atoms with Crippen LogP contribution in [0.15, 0.2) is 29.2 Å². The first kappa shape index (κ1) is 13.6. The first-order valence-electron chi connectivity index (χ1n) is 5.83. The van der Waals surface area contributed by atoms with Crippen LogP contribution in [0.5, 0.6) is 5.75 Å². The SMILES string of the molecule is COc1ccc(S(=O)(=O)NC2CCCC2Cl)cc1. The lowest BCUT2D eigenvalue weighted by Crippen LogP contribution is -2.37. The summed E-state index contributed by atoms with van der Waals surface area (Å²) in [5, 5.41) is -0.113. The number of benzene rings is 1. The van der Waals surface area contributed by atoms with E-state index in [9.17, 15) is 8.42 Å². The minimum Gasteiger partial charge on any atom is -0.497 e. The number of ether oxygens (including phenoxy) is 1. The second-order valence-corrected chi connectivity index (χ2v) is 6.62. The third kappa shape index (κ3) is 2.96. The Bertz CT molecular complexity index is 501. The van der Waals surface area contributed by atoms with Crippen molar-refractivity contribution >= 4 is 21.6 Å². The van der Waals surface area contributed by atoms with E-state index >= 15 is 0 Å². The molecule has 6 heteroatoms. The molecule has 1 aliphatic rings. The van der Waals surface area contributed by atoms with E-state index < -0.39 is 10.0 Å². The molecule has 0 spiro atoms. The molecule has 1 aliphatic carbocycles. The van der Waals surface area contributed by atoms with Gasteiger partial charge in [0.2, 0.25) is 10.0 Å². The molecule has 1 saturated carbocycles. The van der Waals surface area contributed by atoms with Gasteiger partial charge in [0.25, 0.3) is 0 Å². The minimum atomic E-state index is -3.49. The van der Waals surface area contributed by atoms with Gasteiger partial charge in [0, 0.05) is 11.4 Å². The number of alkyl halides is 1. The largest absolute Gasteiger partial charge is 0.497 e. The average molecular weight is 290 g/mol. The van der Waals surface area contributed by atoms with Gasteiger partial charge in [-0.25, -0.2) is 13.1 Å². The minimum absolute atomic E-state index is 0.113. The van der Waals surface area contributed by atoms with Crippen LogP contribution in [-0.2, 0) is 10.0 Å². The maximum atomic E-state index is 12.1. The fraction of sp³-hybridized carbons (Fsp3) is 0.500. The Hall–Kier alpha value is -0.780. The predicted octanol–water partition coefficient (Wildman–Crippen LogP) is 2.13. The van der Waals surface area contributed by atoms with Crippen LogP contribution in [0, 0.1) is 0 Å². The van der Waals surface area contributed by atoms with Crippen LogP contribution < -0.4 is 9.46 Å². The molecule has 1 fully saturated rings. The summed E-state index contributed by atoms with van der Waals surface area (Å²) in [7, 11) is -1.95. The normalized spacial score (nSPS) is 24.1. The van der Waals surface area contributed by atoms with E-state index in [1.165, 1.54) is 12.1 Å². The number of nitrogens with one attached hydrogen (secondary N) is 1. The number of rotatable bonds is 4. The molecular weight excluding hydrogens is 274 g/mol. The summed E-state index contributed by atoms with van der Waals surface area (Å²) in [4.78, 5) is 0.235. The Morgan fingerprint density at radius 2 is 1.94 bits per heavy atom. The van der Waals surface area contributed by atoms with Crippen molar-refractivity contribution in [3.8, 4) is 5.75 Å². The number of hydrogen-bond acceptors (Lipinski definition) is 3. The van der Waals surface area contributed by atoms with Crippen molar-refractivity contribution in [1.82, 2.24) is 4.72 Å². The second-order valence-electron chi connectivity index (χ2n) is 4.35. The molecule has 0 aliphatic heterocycles. The summed E-state index contributed by atoms with van der Waals surface area (Å²) in [5.74, 6) is 0.630. The molecule has 0 amide bonds. The second kappa shape index (κ2) is 5.47. The van der Waals surface area contributed by atoms with E-state index in [1.807, 2.05) is 0 Å². The molecule has 0 heterocycles. The number of sulfonamides is 1. The third-order valence-electron chi connectivity index (χ3n) is 3.11. The highest BCUT2D eigenvalue weighted by Crippen LogP contribution is 2.26. The van der Waals surface area contributed by atoms with E-state index in [0.717, 1.165) is 19.3 Å². The highest BCUT2D eigenvalue weighted by molar-refractivity contribution is 7.89. The summed E-state index contributed by atoms with van der Waals surface area (Å²) >= 11 is 6.07. The molecule has 4 nitrogen and oxygen atoms in total. The van der Waals surface area contributed by atoms with Gasteiger partial charge in [-0.2, -0.15) is 0 Å². The molecule has 0 radical (unpaired) electrons. The molecule has 1 aromatic carbocycles. The zero-order chi connectivity index (χ0) is 13.2. The maximum absolute atomic E-state index is 12.1. The first-order chi connectivity index (χ1) is 8.53. The molecule has 18 heavy (non-hydrogen) atoms. The van der Waals surface area contributed by atoms with Gasteiger partial charge < -0.3 is 4.74 Å². The molecule has 0 bridgehead atoms. The van der Waals surface area contributed by atoms with Crippen molar-refractivity contribution in [2.75, 3.05) is 7.11 Å². The number of methoxy groups -OCH3 is 1. The van der Waals surface area contributed by atoms with Crippen LogP contribution in [0.1, 0.15) is 19.3 Å². The number of halogens is 1. The Kier molecular flexibility index (Phi) is 4.14. The van der Waals surface area contributed by atoms with Crippen molar-refractivity contribution in [1.29, 1.82) is 0 Å². The fourth-order valence-corrected chi connectivity index (χ4v) is 3.80. The van der Waals surface area contributed by atoms with Crippen molar-refractivity contribution in [3.05, 3.63) is 24.3 Å². The summed E-state index contributed by atoms with van der Waals surface area (Å²) in [6, 6.07) is 6.14. The van der Waals surface area contributed by atoms with Gasteiger partial charge in [-0.15, -0.1) is 11.6 Å². The lowest BCUT2D eigenvalue weighted by atomic mass is 10.3. The third-order valence-corrected chi connectivity index (χ3v) is 5.14. The van der Waals surface area contributed by atoms with Crippen LogP contribution in [0.4, 0.5) is 0 Å². The van der Waals surface area contributed by atoms with E-state index in [4.69, 9.17) is 16.3 Å². The van der Waals surface area contributed by atoms with Gasteiger partial charge >= 0.3 is 0 Å². The lowest BCUT2D eigenvalue weighted by molar-refractivity contribution is 0.414. The standard InChI is InChI=1S/C12H16ClNO3S/c1-17-9-5-7-10(8-6-9)18(15,16)14-12-4-2-3-11(12)13/h5-8,11-12,14H,2-4H2,1H3. The van der Waals surface area contributed by atoms with E-state index in [1.54, 1.807) is 19.2 Å². The highest BCUT2D eigenvalue weighted by Gasteiger charge is 2.29. The molecule has 100 valence electrons. The van der Waals surface area contributed by atoms with Gasteiger partial charge in [0.1, 0.15) is 5.75 Å². The van der Waals surface area contributed by atoms with E-state index in [2.05, 4.69) is 4.72 Å². The van der Waals surface area contributed by atoms with Crippen LogP contribution in [0.2, 0.25) is 0 Å². The highest BCUT2D eigenvalue weighted by atomic mass is 35.5. The zero-order valence-electron chi connectivity index (χ0n) is 10.1. The first-order valence-corrected chi connectivity index (χ1v) is 7.75. The van der Waals surface area contributed by atoms with Crippen molar-refractivity contribution in [2.45, 2.75) is 35.6 Å². The van der Waals surface area contributed by atoms with Gasteiger partial charge in [-0.3, -0.25) is 0 Å². The Balaban J connectivity index is 2.14. The van der Waals surface area contributed by atoms with Crippen molar-refractivity contribution in [3.63, 3.8) is 0 Å². The fourth-order valence-electron chi connectivity index (χ4n) is 2.07. The van der Waals surface area contributed by atoms with Crippen molar-refractivity contribution in [2.24, 2.45) is 0 Å². The summed E-state index contributed by atoms with van der Waals surface area (Å²) in [6.07, 6.45) is 2.62. The molecule has 2 rings (SSSR count). The molecule has 0 saturated heterocycles. The molecule has 1 aromatic rings. The van der Waals surface area contributed by atoms with Crippen molar-refractivity contribution < 1.29 is 13.2 Å². The summed E-state index contributed by atoms with van der Waals surface area (Å²) < 4.78 is 31.9. The number of hydrogen-bond donors (Lipinski definition) is 1. The van der Waals surface area contributed by atoms with Gasteiger partial charge in [0.15, 0.2) is 0 Å². The zero-order valence-corrected chi connectivity index (χ0v) is 11.7.